The summed E-state index contributed by atoms with van der Waals surface area (Å²) < 4.78 is 3.06. The maximum absolute atomic E-state index is 12.5. The molecule has 0 unspecified atom stereocenters. The minimum Gasteiger partial charge on any atom is -0.267 e. The molecule has 0 aliphatic carbocycles. The monoisotopic (exact) mass is 383 g/mol. The summed E-state index contributed by atoms with van der Waals surface area (Å²) in [6.07, 6.45) is 7.34. The minimum atomic E-state index is -0.0833. The molecular weight excluding hydrogens is 374 g/mol. The predicted molar refractivity (Wildman–Crippen MR) is 97.5 cm³/mol. The van der Waals surface area contributed by atoms with Gasteiger partial charge in [0.2, 0.25) is 0 Å². The van der Waals surface area contributed by atoms with Gasteiger partial charge < -0.3 is 0 Å². The van der Waals surface area contributed by atoms with Gasteiger partial charge in [-0.1, -0.05) is 53.8 Å². The number of thiazole rings is 1. The van der Waals surface area contributed by atoms with Crippen molar-refractivity contribution in [1.82, 2.24) is 14.4 Å². The summed E-state index contributed by atoms with van der Waals surface area (Å²) in [5.74, 6) is 0. The number of rotatable bonds is 2. The standard InChI is InChI=1S/C17H10BrN3OS/c18-12-9-13-15(19-10-12)21-16(22)14(23-17(21)20-13)8-4-7-11-5-2-1-3-6-11/h1-10H. The third-order valence-corrected chi connectivity index (χ3v) is 4.80. The first kappa shape index (κ1) is 14.3. The summed E-state index contributed by atoms with van der Waals surface area (Å²) >= 11 is 4.73. The zero-order valence-electron chi connectivity index (χ0n) is 11.8. The Balaban J connectivity index is 1.82. The molecule has 0 aliphatic rings. The Morgan fingerprint density at radius 3 is 2.87 bits per heavy atom. The highest BCUT2D eigenvalue weighted by Crippen LogP contribution is 2.18. The average molecular weight is 384 g/mol. The molecular formula is C17H10BrN3OS. The van der Waals surface area contributed by atoms with Crippen LogP contribution in [0.3, 0.4) is 0 Å². The van der Waals surface area contributed by atoms with E-state index in [2.05, 4.69) is 25.9 Å². The van der Waals surface area contributed by atoms with Crippen LogP contribution >= 0.6 is 27.3 Å². The van der Waals surface area contributed by atoms with E-state index in [1.807, 2.05) is 54.6 Å². The molecule has 4 aromatic rings. The lowest BCUT2D eigenvalue weighted by atomic mass is 10.2. The highest BCUT2D eigenvalue weighted by molar-refractivity contribution is 9.10. The molecule has 0 fully saturated rings. The van der Waals surface area contributed by atoms with Crippen molar-refractivity contribution in [3.63, 3.8) is 0 Å². The van der Waals surface area contributed by atoms with Crippen LogP contribution < -0.4 is 10.1 Å². The number of pyridine rings is 1. The fourth-order valence-corrected chi connectivity index (χ4v) is 3.59. The number of halogens is 1. The molecule has 0 N–H and O–H groups in total. The first-order valence-electron chi connectivity index (χ1n) is 6.92. The first-order valence-corrected chi connectivity index (χ1v) is 8.53. The van der Waals surface area contributed by atoms with Crippen LogP contribution in [0.15, 0.2) is 57.9 Å². The fraction of sp³-hybridized carbons (Fsp3) is 0. The third-order valence-electron chi connectivity index (χ3n) is 3.38. The molecule has 0 radical (unpaired) electrons. The summed E-state index contributed by atoms with van der Waals surface area (Å²) in [4.78, 5) is 22.0. The lowest BCUT2D eigenvalue weighted by molar-refractivity contribution is 1.15. The maximum Gasteiger partial charge on any atom is 0.276 e. The lowest BCUT2D eigenvalue weighted by Crippen LogP contribution is -2.22. The van der Waals surface area contributed by atoms with Crippen LogP contribution in [-0.4, -0.2) is 14.4 Å². The fourth-order valence-electron chi connectivity index (χ4n) is 2.34. The van der Waals surface area contributed by atoms with Gasteiger partial charge in [-0.15, -0.1) is 0 Å². The zero-order valence-corrected chi connectivity index (χ0v) is 14.2. The highest BCUT2D eigenvalue weighted by atomic mass is 79.9. The van der Waals surface area contributed by atoms with Crippen LogP contribution in [-0.2, 0) is 0 Å². The van der Waals surface area contributed by atoms with Crippen LogP contribution in [0, 0.1) is 0 Å². The molecule has 0 saturated carbocycles. The Labute approximate surface area is 143 Å². The van der Waals surface area contributed by atoms with E-state index in [0.29, 0.717) is 20.7 Å². The SMILES string of the molecule is O=c1c(=CC=Cc2ccccc2)sc2nc3cc(Br)cnc3n12. The minimum absolute atomic E-state index is 0.0833. The van der Waals surface area contributed by atoms with Crippen LogP contribution in [0.1, 0.15) is 5.56 Å². The van der Waals surface area contributed by atoms with Crippen LogP contribution in [0.4, 0.5) is 0 Å². The molecule has 0 spiro atoms. The average Bonchev–Trinajstić information content (AvgIpc) is 3.05. The second kappa shape index (κ2) is 5.72. The van der Waals surface area contributed by atoms with Gasteiger partial charge in [0.05, 0.1) is 4.53 Å². The van der Waals surface area contributed by atoms with Crippen LogP contribution in [0.2, 0.25) is 0 Å². The van der Waals surface area contributed by atoms with Gasteiger partial charge in [0.15, 0.2) is 10.6 Å². The lowest BCUT2D eigenvalue weighted by Gasteiger charge is -1.89. The van der Waals surface area contributed by atoms with Crippen molar-refractivity contribution < 1.29 is 0 Å². The van der Waals surface area contributed by atoms with Gasteiger partial charge in [-0.25, -0.2) is 14.4 Å². The molecule has 112 valence electrons. The summed E-state index contributed by atoms with van der Waals surface area (Å²) in [5, 5.41) is 0. The number of fused-ring (bicyclic) bond motifs is 3. The second-order valence-corrected chi connectivity index (χ2v) is 6.86. The molecule has 3 heterocycles. The molecule has 0 atom stereocenters. The van der Waals surface area contributed by atoms with Crippen molar-refractivity contribution in [3.8, 4) is 0 Å². The largest absolute Gasteiger partial charge is 0.276 e. The zero-order chi connectivity index (χ0) is 15.8. The van der Waals surface area contributed by atoms with E-state index < -0.39 is 0 Å². The summed E-state index contributed by atoms with van der Waals surface area (Å²) in [6, 6.07) is 11.8. The Hall–Kier alpha value is -2.31. The molecule has 4 nitrogen and oxygen atoms in total. The van der Waals surface area contributed by atoms with Gasteiger partial charge in [0.1, 0.15) is 5.52 Å². The summed E-state index contributed by atoms with van der Waals surface area (Å²) in [5.41, 5.74) is 2.32. The van der Waals surface area contributed by atoms with Crippen molar-refractivity contribution in [3.05, 3.63) is 73.6 Å². The molecule has 3 aromatic heterocycles. The highest BCUT2D eigenvalue weighted by Gasteiger charge is 2.11. The number of hydrogen-bond donors (Lipinski definition) is 0. The molecule has 0 bridgehead atoms. The summed E-state index contributed by atoms with van der Waals surface area (Å²) in [6.45, 7) is 0. The number of aromatic nitrogens is 3. The van der Waals surface area contributed by atoms with Gasteiger partial charge in [0, 0.05) is 10.7 Å². The normalized spacial score (nSPS) is 12.8. The topological polar surface area (TPSA) is 47.3 Å². The Bertz CT molecular complexity index is 1150. The van der Waals surface area contributed by atoms with E-state index in [1.165, 1.54) is 11.3 Å². The summed E-state index contributed by atoms with van der Waals surface area (Å²) in [7, 11) is 0. The van der Waals surface area contributed by atoms with Crippen molar-refractivity contribution in [2.75, 3.05) is 0 Å². The molecule has 0 aliphatic heterocycles. The number of imidazole rings is 1. The molecule has 0 amide bonds. The van der Waals surface area contributed by atoms with Crippen molar-refractivity contribution in [2.45, 2.75) is 0 Å². The molecule has 23 heavy (non-hydrogen) atoms. The van der Waals surface area contributed by atoms with E-state index in [9.17, 15) is 4.79 Å². The number of hydrogen-bond acceptors (Lipinski definition) is 4. The maximum atomic E-state index is 12.5. The van der Waals surface area contributed by atoms with E-state index in [0.717, 1.165) is 10.0 Å². The second-order valence-electron chi connectivity index (χ2n) is 4.93. The van der Waals surface area contributed by atoms with E-state index in [1.54, 1.807) is 10.6 Å². The Morgan fingerprint density at radius 1 is 1.22 bits per heavy atom. The number of nitrogens with zero attached hydrogens (tertiary/aromatic N) is 3. The van der Waals surface area contributed by atoms with Gasteiger partial charge in [-0.05, 0) is 33.6 Å². The molecule has 4 rings (SSSR count). The quantitative estimate of drug-likeness (QED) is 0.533. The molecule has 6 heteroatoms. The third kappa shape index (κ3) is 2.60. The predicted octanol–water partition coefficient (Wildman–Crippen LogP) is 3.28. The molecule has 1 aromatic carbocycles. The van der Waals surface area contributed by atoms with Gasteiger partial charge in [0.25, 0.3) is 5.56 Å². The van der Waals surface area contributed by atoms with E-state index in [4.69, 9.17) is 0 Å². The number of allylic oxidation sites excluding steroid dienone is 1. The van der Waals surface area contributed by atoms with E-state index >= 15 is 0 Å². The Kier molecular flexibility index (Phi) is 3.55. The van der Waals surface area contributed by atoms with E-state index in [-0.39, 0.29) is 5.56 Å². The molecule has 0 saturated heterocycles. The smallest absolute Gasteiger partial charge is 0.267 e. The van der Waals surface area contributed by atoms with Crippen LogP contribution in [0.25, 0.3) is 28.3 Å². The van der Waals surface area contributed by atoms with Gasteiger partial charge in [-0.3, -0.25) is 4.79 Å². The van der Waals surface area contributed by atoms with Gasteiger partial charge >= 0.3 is 0 Å². The Morgan fingerprint density at radius 2 is 2.04 bits per heavy atom. The van der Waals surface area contributed by atoms with Crippen molar-refractivity contribution in [1.29, 1.82) is 0 Å². The van der Waals surface area contributed by atoms with Crippen molar-refractivity contribution in [2.24, 2.45) is 0 Å². The van der Waals surface area contributed by atoms with Crippen LogP contribution in [0.5, 0.6) is 0 Å². The number of benzene rings is 1. The van der Waals surface area contributed by atoms with Crippen molar-refractivity contribution >= 4 is 55.5 Å². The van der Waals surface area contributed by atoms with Gasteiger partial charge in [-0.2, -0.15) is 0 Å². The first-order chi connectivity index (χ1) is 11.2.